The number of esters is 2. The van der Waals surface area contributed by atoms with Gasteiger partial charge in [-0.1, -0.05) is 13.8 Å². The fourth-order valence-electron chi connectivity index (χ4n) is 7.22. The molecule has 5 unspecified atom stereocenters. The van der Waals surface area contributed by atoms with E-state index in [1.54, 1.807) is 0 Å². The highest BCUT2D eigenvalue weighted by Crippen LogP contribution is 2.66. The van der Waals surface area contributed by atoms with Crippen molar-refractivity contribution < 1.29 is 19.1 Å². The Morgan fingerprint density at radius 3 is 2.73 bits per heavy atom. The Kier molecular flexibility index (Phi) is 4.24. The van der Waals surface area contributed by atoms with Crippen LogP contribution in [-0.4, -0.2) is 18.0 Å². The number of rotatable bonds is 2. The van der Waals surface area contributed by atoms with Crippen LogP contribution in [0, 0.1) is 34.5 Å². The number of fused-ring (bicyclic) bond motifs is 5. The summed E-state index contributed by atoms with van der Waals surface area (Å²) in [4.78, 5) is 23.2. The smallest absolute Gasteiger partial charge is 0.310 e. The van der Waals surface area contributed by atoms with Crippen LogP contribution in [0.4, 0.5) is 0 Å². The standard InChI is InChI=1S/C22H32O4/c1-13(25-14(2)23)16-6-7-17-15-5-8-19-22(4,12-10-20(24)26-19)18(15)9-11-21(16,17)3/h8,13,15-18H,5-7,9-12H2,1-4H3/t13-,15?,16?,17?,18?,21?,22-/m0/s1. The fourth-order valence-corrected chi connectivity index (χ4v) is 7.22. The van der Waals surface area contributed by atoms with Crippen molar-refractivity contribution >= 4 is 11.9 Å². The van der Waals surface area contributed by atoms with Gasteiger partial charge in [-0.2, -0.15) is 0 Å². The molecule has 4 aliphatic rings. The summed E-state index contributed by atoms with van der Waals surface area (Å²) in [7, 11) is 0. The van der Waals surface area contributed by atoms with Gasteiger partial charge >= 0.3 is 11.9 Å². The molecule has 4 rings (SSSR count). The lowest BCUT2D eigenvalue weighted by Crippen LogP contribution is -2.51. The molecule has 7 atom stereocenters. The number of ether oxygens (including phenoxy) is 2. The first-order valence-electron chi connectivity index (χ1n) is 10.3. The van der Waals surface area contributed by atoms with Gasteiger partial charge in [-0.25, -0.2) is 0 Å². The van der Waals surface area contributed by atoms with Gasteiger partial charge in [-0.05, 0) is 74.7 Å². The lowest BCUT2D eigenvalue weighted by atomic mass is 9.49. The molecule has 0 N–H and O–H groups in total. The van der Waals surface area contributed by atoms with Crippen LogP contribution in [0.15, 0.2) is 11.8 Å². The summed E-state index contributed by atoms with van der Waals surface area (Å²) < 4.78 is 11.2. The Morgan fingerprint density at radius 2 is 2.00 bits per heavy atom. The van der Waals surface area contributed by atoms with Crippen LogP contribution in [0.1, 0.15) is 72.6 Å². The van der Waals surface area contributed by atoms with Gasteiger partial charge in [-0.15, -0.1) is 0 Å². The van der Waals surface area contributed by atoms with E-state index < -0.39 is 0 Å². The van der Waals surface area contributed by atoms with Gasteiger partial charge in [0.05, 0.1) is 0 Å². The van der Waals surface area contributed by atoms with Gasteiger partial charge in [-0.3, -0.25) is 9.59 Å². The van der Waals surface area contributed by atoms with Crippen LogP contribution < -0.4 is 0 Å². The number of hydrogen-bond donors (Lipinski definition) is 0. The molecule has 0 amide bonds. The number of carbonyl (C=O) groups is 2. The van der Waals surface area contributed by atoms with Crippen LogP contribution >= 0.6 is 0 Å². The maximum absolute atomic E-state index is 11.8. The van der Waals surface area contributed by atoms with E-state index in [1.165, 1.54) is 26.2 Å². The van der Waals surface area contributed by atoms with E-state index in [0.717, 1.165) is 25.0 Å². The molecule has 3 aliphatic carbocycles. The average molecular weight is 360 g/mol. The van der Waals surface area contributed by atoms with Crippen molar-refractivity contribution in [3.8, 4) is 0 Å². The number of hydrogen-bond acceptors (Lipinski definition) is 4. The molecule has 0 aromatic carbocycles. The Balaban J connectivity index is 1.60. The van der Waals surface area contributed by atoms with Crippen LogP contribution in [0.25, 0.3) is 0 Å². The molecule has 1 saturated heterocycles. The zero-order valence-electron chi connectivity index (χ0n) is 16.5. The summed E-state index contributed by atoms with van der Waals surface area (Å²) in [5.41, 5.74) is 0.279. The molecule has 4 nitrogen and oxygen atoms in total. The molecule has 26 heavy (non-hydrogen) atoms. The first-order valence-corrected chi connectivity index (χ1v) is 10.3. The van der Waals surface area contributed by atoms with Gasteiger partial charge < -0.3 is 9.47 Å². The van der Waals surface area contributed by atoms with Crippen LogP contribution in [0.5, 0.6) is 0 Å². The second-order valence-electron chi connectivity index (χ2n) is 9.62. The molecule has 0 aromatic heterocycles. The van der Waals surface area contributed by atoms with E-state index in [4.69, 9.17) is 9.47 Å². The monoisotopic (exact) mass is 360 g/mol. The van der Waals surface area contributed by atoms with E-state index in [9.17, 15) is 9.59 Å². The van der Waals surface area contributed by atoms with Crippen molar-refractivity contribution in [3.05, 3.63) is 11.8 Å². The Bertz CT molecular complexity index is 653. The van der Waals surface area contributed by atoms with Crippen molar-refractivity contribution in [2.45, 2.75) is 78.7 Å². The minimum atomic E-state index is -0.167. The number of allylic oxidation sites excluding steroid dienone is 2. The Labute approximate surface area is 156 Å². The van der Waals surface area contributed by atoms with Crippen molar-refractivity contribution in [1.29, 1.82) is 0 Å². The highest BCUT2D eigenvalue weighted by molar-refractivity contribution is 5.72. The van der Waals surface area contributed by atoms with Gasteiger partial charge in [0.2, 0.25) is 0 Å². The van der Waals surface area contributed by atoms with Gasteiger partial charge in [0.15, 0.2) is 0 Å². The zero-order valence-corrected chi connectivity index (χ0v) is 16.5. The maximum Gasteiger partial charge on any atom is 0.310 e. The quantitative estimate of drug-likeness (QED) is 0.674. The van der Waals surface area contributed by atoms with E-state index in [2.05, 4.69) is 26.8 Å². The lowest BCUT2D eigenvalue weighted by molar-refractivity contribution is -0.156. The molecule has 1 aliphatic heterocycles. The third-order valence-corrected chi connectivity index (χ3v) is 8.46. The van der Waals surface area contributed by atoms with E-state index >= 15 is 0 Å². The molecular weight excluding hydrogens is 328 g/mol. The second kappa shape index (κ2) is 6.10. The van der Waals surface area contributed by atoms with E-state index in [0.29, 0.717) is 30.1 Å². The van der Waals surface area contributed by atoms with Crippen LogP contribution in [0.3, 0.4) is 0 Å². The zero-order chi connectivity index (χ0) is 18.7. The minimum Gasteiger partial charge on any atom is -0.463 e. The van der Waals surface area contributed by atoms with Gasteiger partial charge in [0.25, 0.3) is 0 Å². The number of carbonyl (C=O) groups excluding carboxylic acids is 2. The third kappa shape index (κ3) is 2.55. The molecule has 0 bridgehead atoms. The molecule has 4 heteroatoms. The second-order valence-corrected chi connectivity index (χ2v) is 9.62. The summed E-state index contributed by atoms with van der Waals surface area (Å²) >= 11 is 0. The van der Waals surface area contributed by atoms with Gasteiger partial charge in [0.1, 0.15) is 11.9 Å². The predicted molar refractivity (Wildman–Crippen MR) is 97.9 cm³/mol. The van der Waals surface area contributed by atoms with E-state index in [-0.39, 0.29) is 28.9 Å². The summed E-state index contributed by atoms with van der Waals surface area (Å²) in [6.07, 6.45) is 9.47. The molecule has 1 heterocycles. The molecule has 0 radical (unpaired) electrons. The highest BCUT2D eigenvalue weighted by atomic mass is 16.5. The molecule has 3 fully saturated rings. The largest absolute Gasteiger partial charge is 0.463 e. The first kappa shape index (κ1) is 18.1. The first-order chi connectivity index (χ1) is 12.3. The fraction of sp³-hybridized carbons (Fsp3) is 0.818. The summed E-state index contributed by atoms with van der Waals surface area (Å²) in [6.45, 7) is 8.35. The average Bonchev–Trinajstić information content (AvgIpc) is 2.92. The molecule has 0 aromatic rings. The van der Waals surface area contributed by atoms with Crippen molar-refractivity contribution in [2.24, 2.45) is 34.5 Å². The normalized spacial score (nSPS) is 45.5. The van der Waals surface area contributed by atoms with Crippen LogP contribution in [0.2, 0.25) is 0 Å². The van der Waals surface area contributed by atoms with Gasteiger partial charge in [0, 0.05) is 24.7 Å². The maximum atomic E-state index is 11.8. The lowest BCUT2D eigenvalue weighted by Gasteiger charge is -2.56. The minimum absolute atomic E-state index is 0.0000317. The SMILES string of the molecule is CC(=O)O[C@@H](C)C1CCC2C3CC=C4OC(=O)CC[C@@]4(C)C3CCC21C. The summed E-state index contributed by atoms with van der Waals surface area (Å²) in [5.74, 6) is 3.12. The highest BCUT2D eigenvalue weighted by Gasteiger charge is 2.60. The molecule has 2 saturated carbocycles. The van der Waals surface area contributed by atoms with Crippen LogP contribution in [-0.2, 0) is 19.1 Å². The topological polar surface area (TPSA) is 52.6 Å². The third-order valence-electron chi connectivity index (χ3n) is 8.46. The van der Waals surface area contributed by atoms with Crippen molar-refractivity contribution in [2.75, 3.05) is 0 Å². The molecule has 144 valence electrons. The molecule has 0 spiro atoms. The van der Waals surface area contributed by atoms with E-state index in [1.807, 2.05) is 0 Å². The van der Waals surface area contributed by atoms with Crippen molar-refractivity contribution in [1.82, 2.24) is 0 Å². The predicted octanol–water partition coefficient (Wildman–Crippen LogP) is 4.63. The Hall–Kier alpha value is -1.32. The summed E-state index contributed by atoms with van der Waals surface area (Å²) in [6, 6.07) is 0. The summed E-state index contributed by atoms with van der Waals surface area (Å²) in [5, 5.41) is 0. The van der Waals surface area contributed by atoms with Crippen molar-refractivity contribution in [3.63, 3.8) is 0 Å². The Morgan fingerprint density at radius 1 is 1.23 bits per heavy atom. The molecular formula is C22H32O4.